The minimum absolute atomic E-state index is 0.167. The molecular formula is C19H23N6O+. The highest BCUT2D eigenvalue weighted by atomic mass is 16.4. The largest absolute Gasteiger partial charge is 0.415 e. The summed E-state index contributed by atoms with van der Waals surface area (Å²) in [5.74, 6) is 2.08. The number of nitrogens with one attached hydrogen (secondary N) is 1. The van der Waals surface area contributed by atoms with E-state index in [-0.39, 0.29) is 6.04 Å². The van der Waals surface area contributed by atoms with Gasteiger partial charge in [0.05, 0.1) is 26.2 Å². The van der Waals surface area contributed by atoms with Gasteiger partial charge in [-0.15, -0.1) is 10.2 Å². The summed E-state index contributed by atoms with van der Waals surface area (Å²) in [4.78, 5) is 12.3. The van der Waals surface area contributed by atoms with E-state index in [4.69, 9.17) is 4.42 Å². The number of piperazine rings is 1. The number of nitrogens with zero attached hydrogens (tertiary/aromatic N) is 5. The van der Waals surface area contributed by atoms with Gasteiger partial charge in [-0.1, -0.05) is 17.7 Å². The maximum absolute atomic E-state index is 5.95. The maximum atomic E-state index is 5.95. The van der Waals surface area contributed by atoms with Crippen LogP contribution < -0.4 is 9.80 Å². The predicted octanol–water partition coefficient (Wildman–Crippen LogP) is 1.30. The van der Waals surface area contributed by atoms with Gasteiger partial charge in [-0.2, -0.15) is 0 Å². The molecule has 0 radical (unpaired) electrons. The quantitative estimate of drug-likeness (QED) is 0.764. The number of quaternary nitrogens is 1. The summed E-state index contributed by atoms with van der Waals surface area (Å²) < 4.78 is 5.95. The topological polar surface area (TPSA) is 72.4 Å². The van der Waals surface area contributed by atoms with Crippen molar-refractivity contribution in [2.75, 3.05) is 31.1 Å². The molecule has 1 N–H and O–H groups in total. The highest BCUT2D eigenvalue weighted by Crippen LogP contribution is 2.20. The van der Waals surface area contributed by atoms with Crippen molar-refractivity contribution in [2.45, 2.75) is 19.9 Å². The Bertz CT molecular complexity index is 840. The summed E-state index contributed by atoms with van der Waals surface area (Å²) in [7, 11) is 0. The molecule has 0 amide bonds. The normalized spacial score (nSPS) is 16.6. The van der Waals surface area contributed by atoms with E-state index < -0.39 is 0 Å². The van der Waals surface area contributed by atoms with Crippen LogP contribution in [-0.2, 0) is 0 Å². The number of benzene rings is 1. The Morgan fingerprint density at radius 3 is 2.42 bits per heavy atom. The average Bonchev–Trinajstić information content (AvgIpc) is 3.19. The Morgan fingerprint density at radius 1 is 1.04 bits per heavy atom. The zero-order chi connectivity index (χ0) is 17.9. The first kappa shape index (κ1) is 16.7. The molecule has 1 aliphatic rings. The highest BCUT2D eigenvalue weighted by molar-refractivity contribution is 5.52. The van der Waals surface area contributed by atoms with Crippen LogP contribution >= 0.6 is 0 Å². The second-order valence-corrected chi connectivity index (χ2v) is 6.73. The first-order valence-electron chi connectivity index (χ1n) is 8.97. The fourth-order valence-corrected chi connectivity index (χ4v) is 3.28. The predicted molar refractivity (Wildman–Crippen MR) is 97.8 cm³/mol. The van der Waals surface area contributed by atoms with E-state index in [1.807, 2.05) is 18.2 Å². The van der Waals surface area contributed by atoms with Crippen molar-refractivity contribution in [1.82, 2.24) is 20.2 Å². The van der Waals surface area contributed by atoms with Gasteiger partial charge in [0.25, 0.3) is 5.89 Å². The van der Waals surface area contributed by atoms with Gasteiger partial charge in [-0.05, 0) is 32.0 Å². The summed E-state index contributed by atoms with van der Waals surface area (Å²) in [5.41, 5.74) is 2.18. The van der Waals surface area contributed by atoms with Crippen molar-refractivity contribution in [3.8, 4) is 11.5 Å². The summed E-state index contributed by atoms with van der Waals surface area (Å²) in [6.45, 7) is 8.03. The standard InChI is InChI=1S/C19H22N6O/c1-14-4-6-16(7-5-14)18-23-22-17(26-18)15(2)24-10-12-25(13-11-24)19-20-8-3-9-21-19/h3-9,15H,10-13H2,1-2H3/p+1/t15-/m0/s1. The van der Waals surface area contributed by atoms with Crippen LogP contribution in [-0.4, -0.2) is 46.3 Å². The van der Waals surface area contributed by atoms with Crippen molar-refractivity contribution in [2.24, 2.45) is 0 Å². The van der Waals surface area contributed by atoms with Crippen LogP contribution in [0.5, 0.6) is 0 Å². The zero-order valence-electron chi connectivity index (χ0n) is 15.1. The van der Waals surface area contributed by atoms with Crippen molar-refractivity contribution >= 4 is 5.95 Å². The van der Waals surface area contributed by atoms with Crippen LogP contribution in [0.2, 0.25) is 0 Å². The molecular weight excluding hydrogens is 328 g/mol. The molecule has 7 nitrogen and oxygen atoms in total. The van der Waals surface area contributed by atoms with E-state index in [1.54, 1.807) is 12.4 Å². The first-order valence-corrected chi connectivity index (χ1v) is 8.97. The molecule has 0 unspecified atom stereocenters. The van der Waals surface area contributed by atoms with E-state index in [1.165, 1.54) is 10.5 Å². The third-order valence-electron chi connectivity index (χ3n) is 4.96. The number of hydrogen-bond acceptors (Lipinski definition) is 6. The highest BCUT2D eigenvalue weighted by Gasteiger charge is 2.30. The van der Waals surface area contributed by atoms with Crippen LogP contribution in [0.25, 0.3) is 11.5 Å². The molecule has 1 aromatic carbocycles. The Labute approximate surface area is 152 Å². The molecule has 1 aliphatic heterocycles. The molecule has 4 rings (SSSR count). The lowest BCUT2D eigenvalue weighted by Gasteiger charge is -2.34. The van der Waals surface area contributed by atoms with Crippen LogP contribution in [0.1, 0.15) is 24.4 Å². The van der Waals surface area contributed by atoms with E-state index >= 15 is 0 Å². The number of aryl methyl sites for hydroxylation is 1. The van der Waals surface area contributed by atoms with E-state index in [2.05, 4.69) is 51.0 Å². The van der Waals surface area contributed by atoms with E-state index in [9.17, 15) is 0 Å². The molecule has 26 heavy (non-hydrogen) atoms. The number of hydrogen-bond donors (Lipinski definition) is 1. The monoisotopic (exact) mass is 351 g/mol. The Kier molecular flexibility index (Phi) is 4.62. The van der Waals surface area contributed by atoms with Gasteiger partial charge < -0.3 is 14.2 Å². The Morgan fingerprint density at radius 2 is 1.73 bits per heavy atom. The summed E-state index contributed by atoms with van der Waals surface area (Å²) in [6.07, 6.45) is 3.57. The third kappa shape index (κ3) is 3.43. The van der Waals surface area contributed by atoms with Gasteiger partial charge in [0.2, 0.25) is 11.8 Å². The van der Waals surface area contributed by atoms with Crippen LogP contribution in [0, 0.1) is 6.92 Å². The number of aromatic nitrogens is 4. The van der Waals surface area contributed by atoms with E-state index in [0.717, 1.165) is 37.7 Å². The second kappa shape index (κ2) is 7.21. The first-order chi connectivity index (χ1) is 12.7. The Balaban J connectivity index is 1.41. The van der Waals surface area contributed by atoms with Crippen molar-refractivity contribution in [3.63, 3.8) is 0 Å². The van der Waals surface area contributed by atoms with Gasteiger partial charge in [0.1, 0.15) is 0 Å². The van der Waals surface area contributed by atoms with Gasteiger partial charge in [0.15, 0.2) is 6.04 Å². The number of rotatable bonds is 4. The Hall–Kier alpha value is -2.80. The fourth-order valence-electron chi connectivity index (χ4n) is 3.28. The lowest BCUT2D eigenvalue weighted by Crippen LogP contribution is -3.14. The molecule has 0 saturated carbocycles. The van der Waals surface area contributed by atoms with Gasteiger partial charge in [0, 0.05) is 18.0 Å². The molecule has 1 saturated heterocycles. The molecule has 134 valence electrons. The van der Waals surface area contributed by atoms with Crippen molar-refractivity contribution in [3.05, 3.63) is 54.2 Å². The summed E-state index contributed by atoms with van der Waals surface area (Å²) >= 11 is 0. The minimum atomic E-state index is 0.167. The number of anilines is 1. The average molecular weight is 351 g/mol. The molecule has 0 aliphatic carbocycles. The maximum Gasteiger partial charge on any atom is 0.274 e. The molecule has 1 atom stereocenters. The molecule has 3 aromatic rings. The zero-order valence-corrected chi connectivity index (χ0v) is 15.1. The second-order valence-electron chi connectivity index (χ2n) is 6.73. The fraction of sp³-hybridized carbons (Fsp3) is 0.368. The van der Waals surface area contributed by atoms with Gasteiger partial charge in [-0.25, -0.2) is 9.97 Å². The van der Waals surface area contributed by atoms with E-state index in [0.29, 0.717) is 11.8 Å². The SMILES string of the molecule is Cc1ccc(-c2nnc([C@H](C)[NH+]3CCN(c4ncccn4)CC3)o2)cc1. The van der Waals surface area contributed by atoms with Crippen LogP contribution in [0.15, 0.2) is 47.1 Å². The molecule has 1 fully saturated rings. The van der Waals surface area contributed by atoms with Gasteiger partial charge >= 0.3 is 0 Å². The van der Waals surface area contributed by atoms with Gasteiger partial charge in [-0.3, -0.25) is 0 Å². The van der Waals surface area contributed by atoms with Crippen molar-refractivity contribution < 1.29 is 9.32 Å². The van der Waals surface area contributed by atoms with Crippen LogP contribution in [0.3, 0.4) is 0 Å². The smallest absolute Gasteiger partial charge is 0.274 e. The lowest BCUT2D eigenvalue weighted by molar-refractivity contribution is -0.931. The minimum Gasteiger partial charge on any atom is -0.415 e. The molecule has 2 aromatic heterocycles. The third-order valence-corrected chi connectivity index (χ3v) is 4.96. The van der Waals surface area contributed by atoms with Crippen LogP contribution in [0.4, 0.5) is 5.95 Å². The lowest BCUT2D eigenvalue weighted by atomic mass is 10.1. The molecule has 7 heteroatoms. The molecule has 3 heterocycles. The summed E-state index contributed by atoms with van der Waals surface area (Å²) in [6, 6.07) is 10.2. The molecule has 0 spiro atoms. The summed E-state index contributed by atoms with van der Waals surface area (Å²) in [5, 5.41) is 8.53. The molecule has 0 bridgehead atoms. The van der Waals surface area contributed by atoms with Crippen molar-refractivity contribution in [1.29, 1.82) is 0 Å².